The van der Waals surface area contributed by atoms with Crippen LogP contribution in [0.25, 0.3) is 0 Å². The van der Waals surface area contributed by atoms with Gasteiger partial charge < -0.3 is 39.0 Å². The molecular weight excluding hydrogens is 1360 g/mol. The van der Waals surface area contributed by atoms with Crippen molar-refractivity contribution in [3.63, 3.8) is 0 Å². The van der Waals surface area contributed by atoms with Crippen LogP contribution in [0.1, 0.15) is 84.0 Å². The SMILES string of the molecule is O=C(O[C@H]1CN2CCC1CC2)N1CCc2ccccc2[C@@H]1c1ccccc1.O=C(Oc1c(F)c(F)c(F)c(F)c1F)O[C@H]1CN2CCC1CC2.O=C(Oc1c(F)c(F)c(F)c(F)c1F)Oc1c(F)c(F)c(F)c(F)c1F.O[C@H]1CN2CCC1CC2.c1ccc([C@@H]2NCCc3ccccc32)cc1. The zero-order valence-corrected chi connectivity index (χ0v) is 53.6. The average molecular weight is 1430 g/mol. The summed E-state index contributed by atoms with van der Waals surface area (Å²) in [5, 5.41) is 12.9. The van der Waals surface area contributed by atoms with Crippen molar-refractivity contribution >= 4 is 18.4 Å². The first-order valence-electron chi connectivity index (χ1n) is 32.6. The maximum Gasteiger partial charge on any atom is 0.519 e. The van der Waals surface area contributed by atoms with E-state index in [0.29, 0.717) is 31.0 Å². The van der Waals surface area contributed by atoms with Crippen molar-refractivity contribution in [2.45, 2.75) is 81.8 Å². The fourth-order valence-corrected chi connectivity index (χ4v) is 13.9. The summed E-state index contributed by atoms with van der Waals surface area (Å²) < 4.78 is 219. The maximum absolute atomic E-state index is 13.4. The van der Waals surface area contributed by atoms with Crippen molar-refractivity contribution in [3.8, 4) is 17.2 Å². The van der Waals surface area contributed by atoms with E-state index in [0.717, 1.165) is 89.9 Å². The number of carbonyl (C=O) groups is 3. The van der Waals surface area contributed by atoms with Crippen molar-refractivity contribution < 1.29 is 109 Å². The molecule has 6 bridgehead atoms. The molecule has 11 aliphatic heterocycles. The maximum atomic E-state index is 13.4. The number of nitrogens with one attached hydrogen (secondary N) is 1. The Bertz CT molecular complexity index is 3970. The van der Waals surface area contributed by atoms with Gasteiger partial charge in [0.2, 0.25) is 105 Å². The van der Waals surface area contributed by atoms with Crippen molar-refractivity contribution in [2.24, 2.45) is 17.8 Å². The number of aliphatic hydroxyl groups is 1. The lowest BCUT2D eigenvalue weighted by Crippen LogP contribution is -2.53. The lowest BCUT2D eigenvalue weighted by molar-refractivity contribution is -0.0470. The zero-order chi connectivity index (χ0) is 71.9. The van der Waals surface area contributed by atoms with E-state index in [-0.39, 0.29) is 30.3 Å². The molecule has 7 aromatic carbocycles. The molecule has 18 rings (SSSR count). The van der Waals surface area contributed by atoms with Gasteiger partial charge in [0.25, 0.3) is 0 Å². The standard InChI is InChI=1S/C23H26N2O2.C15H15N.C14H12F5NO3.C13F10O3.C7H13NO/c26-23(27-21-16-24-13-10-18(21)11-14-24)25-15-12-17-6-4-5-9-20(17)22(25)19-7-2-1-3-8-19;1-2-7-13(8-3-1)15-14-9-5-4-6-12(14)10-11-16-15;15-8-9(16)11(18)13(12(19)10(8)17)23-14(21)22-7-5-20-3-1-6(7)2-4-20;14-1-3(16)7(20)11(8(21)4(1)17)25-13(24)26-12-9(22)5(18)2(15)6(19)10(12)23;9-7-5-8-3-1-6(7)2-4-8/h1-9,18,21-22H,10-16H2;1-9,15-16H,10-11H2;6-7H,1-5H2;;6-7,9H,1-5H2/t21-,22-;15-;7-;;7-/m000.0/s1. The molecule has 29 heteroatoms. The van der Waals surface area contributed by atoms with Crippen LogP contribution < -0.4 is 19.5 Å². The van der Waals surface area contributed by atoms with Gasteiger partial charge in [0.15, 0.2) is 0 Å². The predicted molar refractivity (Wildman–Crippen MR) is 332 cm³/mol. The topological polar surface area (TPSA) is 143 Å². The highest BCUT2D eigenvalue weighted by molar-refractivity contribution is 5.71. The minimum Gasteiger partial charge on any atom is -0.444 e. The van der Waals surface area contributed by atoms with Gasteiger partial charge in [-0.1, -0.05) is 109 Å². The van der Waals surface area contributed by atoms with E-state index in [2.05, 4.69) is 125 Å². The molecule has 1 amide bonds. The number of amides is 1. The molecule has 0 radical (unpaired) electrons. The van der Waals surface area contributed by atoms with Gasteiger partial charge in [-0.05, 0) is 142 Å². The molecule has 14 nitrogen and oxygen atoms in total. The van der Waals surface area contributed by atoms with E-state index in [1.807, 2.05) is 23.1 Å². The zero-order valence-electron chi connectivity index (χ0n) is 53.6. The minimum absolute atomic E-state index is 0.00694. The summed E-state index contributed by atoms with van der Waals surface area (Å²) in [5.74, 6) is -42.0. The number of piperidine rings is 9. The summed E-state index contributed by atoms with van der Waals surface area (Å²) in [5.41, 5.74) is 7.97. The Morgan fingerprint density at radius 2 is 0.733 bits per heavy atom. The molecule has 0 unspecified atom stereocenters. The van der Waals surface area contributed by atoms with Gasteiger partial charge in [0.05, 0.1) is 18.2 Å². The minimum atomic E-state index is -2.62. The summed E-state index contributed by atoms with van der Waals surface area (Å²) in [6, 6.07) is 38.5. The first-order chi connectivity index (χ1) is 48.5. The second-order valence-corrected chi connectivity index (χ2v) is 25.3. The van der Waals surface area contributed by atoms with Crippen LogP contribution in [0.4, 0.5) is 80.2 Å². The Morgan fingerprint density at radius 3 is 1.13 bits per heavy atom. The van der Waals surface area contributed by atoms with Crippen LogP contribution in [0.2, 0.25) is 0 Å². The van der Waals surface area contributed by atoms with Crippen molar-refractivity contribution in [1.29, 1.82) is 0 Å². The Kier molecular flexibility index (Phi) is 23.5. The van der Waals surface area contributed by atoms with Crippen LogP contribution in [-0.2, 0) is 22.3 Å². The first kappa shape index (κ1) is 73.3. The van der Waals surface area contributed by atoms with Gasteiger partial charge in [-0.2, -0.15) is 26.3 Å². The molecule has 0 aromatic heterocycles. The number of carbonyl (C=O) groups excluding carboxylic acids is 3. The molecule has 0 saturated carbocycles. The highest BCUT2D eigenvalue weighted by Crippen LogP contribution is 2.40. The quantitative estimate of drug-likeness (QED) is 0.0514. The molecule has 2 N–H and O–H groups in total. The number of halogens is 15. The molecule has 9 saturated heterocycles. The normalized spacial score (nSPS) is 24.0. The van der Waals surface area contributed by atoms with Crippen molar-refractivity contribution in [2.75, 3.05) is 72.0 Å². The number of fused-ring (bicyclic) bond motifs is 11. The lowest BCUT2D eigenvalue weighted by Gasteiger charge is -2.45. The fraction of sp³-hybridized carbons (Fsp3) is 0.375. The average Bonchev–Trinajstić information content (AvgIpc) is 0.767. The highest BCUT2D eigenvalue weighted by atomic mass is 19.2. The summed E-state index contributed by atoms with van der Waals surface area (Å²) >= 11 is 0. The Labute approximate surface area is 569 Å². The van der Waals surface area contributed by atoms with Crippen LogP contribution in [0.15, 0.2) is 109 Å². The summed E-state index contributed by atoms with van der Waals surface area (Å²) in [6.07, 6.45) is 3.71. The number of aliphatic hydroxyl groups excluding tert-OH is 1. The second kappa shape index (κ2) is 32.4. The lowest BCUT2D eigenvalue weighted by atomic mass is 9.86. The Hall–Kier alpha value is -8.90. The summed E-state index contributed by atoms with van der Waals surface area (Å²) in [6.45, 7) is 10.6. The van der Waals surface area contributed by atoms with Crippen molar-refractivity contribution in [3.05, 3.63) is 230 Å². The van der Waals surface area contributed by atoms with E-state index in [1.165, 1.54) is 53.7 Å². The van der Waals surface area contributed by atoms with E-state index in [1.54, 1.807) is 0 Å². The molecule has 7 aromatic rings. The number of hydrogen-bond acceptors (Lipinski definition) is 13. The predicted octanol–water partition coefficient (Wildman–Crippen LogP) is 14.5. The largest absolute Gasteiger partial charge is 0.519 e. The van der Waals surface area contributed by atoms with Gasteiger partial charge in [0, 0.05) is 32.7 Å². The molecule has 9 fully saturated rings. The molecule has 0 spiro atoms. The third-order valence-corrected chi connectivity index (χ3v) is 19.3. The molecule has 101 heavy (non-hydrogen) atoms. The van der Waals surface area contributed by atoms with Crippen LogP contribution >= 0.6 is 0 Å². The smallest absolute Gasteiger partial charge is 0.444 e. The molecule has 11 heterocycles. The second-order valence-electron chi connectivity index (χ2n) is 25.3. The van der Waals surface area contributed by atoms with Crippen LogP contribution in [-0.4, -0.2) is 133 Å². The molecule has 5 atom stereocenters. The Balaban J connectivity index is 0.000000131. The number of ether oxygens (including phenoxy) is 5. The fourth-order valence-electron chi connectivity index (χ4n) is 13.9. The van der Waals surface area contributed by atoms with E-state index in [4.69, 9.17) is 9.47 Å². The van der Waals surface area contributed by atoms with Crippen LogP contribution in [0, 0.1) is 105 Å². The molecule has 538 valence electrons. The van der Waals surface area contributed by atoms with Crippen LogP contribution in [0.3, 0.4) is 0 Å². The monoisotopic (exact) mass is 1430 g/mol. The number of nitrogens with zero attached hydrogens (tertiary/aromatic N) is 4. The first-order valence-corrected chi connectivity index (χ1v) is 32.6. The summed E-state index contributed by atoms with van der Waals surface area (Å²) in [7, 11) is 0. The number of rotatable bonds is 7. The van der Waals surface area contributed by atoms with Crippen molar-refractivity contribution in [1.82, 2.24) is 24.9 Å². The highest BCUT2D eigenvalue weighted by Gasteiger charge is 2.42. The Morgan fingerprint density at radius 1 is 0.376 bits per heavy atom. The van der Waals surface area contributed by atoms with E-state index >= 15 is 0 Å². The third-order valence-electron chi connectivity index (χ3n) is 19.3. The van der Waals surface area contributed by atoms with Gasteiger partial charge in [0.1, 0.15) is 12.2 Å². The van der Waals surface area contributed by atoms with E-state index in [9.17, 15) is 85.3 Å². The molecular formula is C72H66F15N5O9. The summed E-state index contributed by atoms with van der Waals surface area (Å²) in [4.78, 5) is 44.8. The van der Waals surface area contributed by atoms with Gasteiger partial charge in [-0.15, -0.1) is 0 Å². The molecule has 11 aliphatic rings. The van der Waals surface area contributed by atoms with Gasteiger partial charge in [-0.25, -0.2) is 53.9 Å². The number of hydrogen-bond donors (Lipinski definition) is 2. The van der Waals surface area contributed by atoms with Gasteiger partial charge >= 0.3 is 18.4 Å². The van der Waals surface area contributed by atoms with Gasteiger partial charge in [-0.3, -0.25) is 14.7 Å². The molecule has 0 aliphatic carbocycles. The number of benzene rings is 7. The van der Waals surface area contributed by atoms with E-state index < -0.39 is 123 Å². The van der Waals surface area contributed by atoms with Crippen LogP contribution in [0.5, 0.6) is 17.2 Å². The third kappa shape index (κ3) is 16.4.